The van der Waals surface area contributed by atoms with Gasteiger partial charge in [-0.1, -0.05) is 43.4 Å². The Balaban J connectivity index is 1.36. The molecule has 1 aromatic rings. The molecule has 6 nitrogen and oxygen atoms in total. The van der Waals surface area contributed by atoms with Crippen LogP contribution >= 0.6 is 0 Å². The van der Waals surface area contributed by atoms with E-state index in [1.54, 1.807) is 12.1 Å². The lowest BCUT2D eigenvalue weighted by Gasteiger charge is -2.23. The zero-order chi connectivity index (χ0) is 20.5. The average molecular weight is 393 g/mol. The number of carbonyl (C=O) groups is 2. The van der Waals surface area contributed by atoms with E-state index in [0.717, 1.165) is 32.1 Å². The molecule has 2 aliphatic carbocycles. The molecule has 1 atom stereocenters. The van der Waals surface area contributed by atoms with Gasteiger partial charge >= 0.3 is 0 Å². The predicted octanol–water partition coefficient (Wildman–Crippen LogP) is 3.83. The first kappa shape index (κ1) is 20.7. The van der Waals surface area contributed by atoms with Gasteiger partial charge in [-0.3, -0.25) is 9.59 Å². The van der Waals surface area contributed by atoms with Gasteiger partial charge in [-0.15, -0.1) is 0 Å². The number of allylic oxidation sites excluding steroid dienone is 2. The third kappa shape index (κ3) is 6.52. The first-order chi connectivity index (χ1) is 14.1. The molecule has 2 amide bonds. The summed E-state index contributed by atoms with van der Waals surface area (Å²) in [5.74, 6) is 0.843. The van der Waals surface area contributed by atoms with E-state index in [1.165, 1.54) is 0 Å². The molecule has 1 fully saturated rings. The van der Waals surface area contributed by atoms with Gasteiger partial charge in [0, 0.05) is 23.6 Å². The highest BCUT2D eigenvalue weighted by atomic mass is 16.2. The van der Waals surface area contributed by atoms with Crippen molar-refractivity contribution in [2.75, 3.05) is 0 Å². The van der Waals surface area contributed by atoms with Gasteiger partial charge in [-0.25, -0.2) is 10.9 Å². The molecule has 0 radical (unpaired) electrons. The summed E-state index contributed by atoms with van der Waals surface area (Å²) < 4.78 is 0. The first-order valence-corrected chi connectivity index (χ1v) is 10.2. The van der Waals surface area contributed by atoms with E-state index >= 15 is 0 Å². The largest absolute Gasteiger partial charge is 0.271 e. The number of hydrogen-bond donors (Lipinski definition) is 2. The van der Waals surface area contributed by atoms with Crippen molar-refractivity contribution in [3.05, 3.63) is 59.7 Å². The number of nitrogens with one attached hydrogen (secondary N) is 2. The molecule has 0 aromatic heterocycles. The average Bonchev–Trinajstić information content (AvgIpc) is 2.76. The van der Waals surface area contributed by atoms with Gasteiger partial charge in [0.2, 0.25) is 0 Å². The van der Waals surface area contributed by atoms with Crippen LogP contribution in [-0.2, 0) is 4.79 Å². The Morgan fingerprint density at radius 1 is 0.931 bits per heavy atom. The van der Waals surface area contributed by atoms with Crippen molar-refractivity contribution in [2.24, 2.45) is 28.0 Å². The van der Waals surface area contributed by atoms with Crippen molar-refractivity contribution in [3.8, 4) is 0 Å². The zero-order valence-electron chi connectivity index (χ0n) is 16.8. The summed E-state index contributed by atoms with van der Waals surface area (Å²) in [4.78, 5) is 24.0. The van der Waals surface area contributed by atoms with Crippen LogP contribution in [0.3, 0.4) is 0 Å². The third-order valence-corrected chi connectivity index (χ3v) is 5.33. The van der Waals surface area contributed by atoms with Crippen molar-refractivity contribution in [2.45, 2.75) is 39.0 Å². The molecule has 1 saturated carbocycles. The molecule has 0 spiro atoms. The SMILES string of the molecule is CC1C=CC(C(=O)N/N=C/C2CCC(/C=N/NC(=O)c3ccccc3)CC2)=CC1. The second-order valence-corrected chi connectivity index (χ2v) is 7.71. The minimum absolute atomic E-state index is 0.153. The van der Waals surface area contributed by atoms with Crippen LogP contribution in [-0.4, -0.2) is 24.2 Å². The normalized spacial score (nSPS) is 24.4. The van der Waals surface area contributed by atoms with Gasteiger partial charge in [0.1, 0.15) is 0 Å². The lowest BCUT2D eigenvalue weighted by molar-refractivity contribution is -0.117. The summed E-state index contributed by atoms with van der Waals surface area (Å²) in [5, 5.41) is 8.25. The molecular formula is C23H28N4O2. The van der Waals surface area contributed by atoms with Gasteiger partial charge in [0.15, 0.2) is 0 Å². The number of rotatable bonds is 6. The molecule has 152 valence electrons. The summed E-state index contributed by atoms with van der Waals surface area (Å²) in [5.41, 5.74) is 6.49. The van der Waals surface area contributed by atoms with E-state index < -0.39 is 0 Å². The van der Waals surface area contributed by atoms with Crippen LogP contribution in [0.5, 0.6) is 0 Å². The quantitative estimate of drug-likeness (QED) is 0.570. The Hall–Kier alpha value is -3.02. The van der Waals surface area contributed by atoms with Crippen LogP contribution in [0.15, 0.2) is 64.3 Å². The Kier molecular flexibility index (Phi) is 7.50. The molecule has 2 N–H and O–H groups in total. The molecule has 3 rings (SSSR count). The maximum Gasteiger partial charge on any atom is 0.271 e. The highest BCUT2D eigenvalue weighted by molar-refractivity contribution is 5.96. The van der Waals surface area contributed by atoms with Gasteiger partial charge in [0.05, 0.1) is 0 Å². The minimum atomic E-state index is -0.198. The molecule has 1 aromatic carbocycles. The van der Waals surface area contributed by atoms with E-state index in [-0.39, 0.29) is 11.8 Å². The number of hydrazone groups is 2. The van der Waals surface area contributed by atoms with Crippen LogP contribution in [0.4, 0.5) is 0 Å². The summed E-state index contributed by atoms with van der Waals surface area (Å²) in [6.07, 6.45) is 14.4. The Bertz CT molecular complexity index is 819. The third-order valence-electron chi connectivity index (χ3n) is 5.33. The van der Waals surface area contributed by atoms with Crippen molar-refractivity contribution in [1.29, 1.82) is 0 Å². The molecule has 0 bridgehead atoms. The minimum Gasteiger partial charge on any atom is -0.267 e. The summed E-state index contributed by atoms with van der Waals surface area (Å²) >= 11 is 0. The molecule has 0 saturated heterocycles. The zero-order valence-corrected chi connectivity index (χ0v) is 16.8. The van der Waals surface area contributed by atoms with Crippen LogP contribution in [0, 0.1) is 17.8 Å². The van der Waals surface area contributed by atoms with Crippen LogP contribution in [0.25, 0.3) is 0 Å². The standard InChI is InChI=1S/C23H28N4O2/c1-17-7-13-21(14-8-17)23(29)27-25-16-19-11-9-18(10-12-19)15-24-26-22(28)20-5-3-2-4-6-20/h2-7,13-19H,8-12H2,1H3,(H,26,28)(H,27,29)/b24-15+,25-16+. The monoisotopic (exact) mass is 392 g/mol. The van der Waals surface area contributed by atoms with E-state index in [0.29, 0.717) is 28.9 Å². The Morgan fingerprint density at radius 2 is 1.52 bits per heavy atom. The van der Waals surface area contributed by atoms with Crippen LogP contribution in [0.1, 0.15) is 49.4 Å². The van der Waals surface area contributed by atoms with E-state index in [9.17, 15) is 9.59 Å². The molecule has 0 heterocycles. The Morgan fingerprint density at radius 3 is 2.07 bits per heavy atom. The molecular weight excluding hydrogens is 364 g/mol. The summed E-state index contributed by atoms with van der Waals surface area (Å²) in [6.45, 7) is 2.12. The molecule has 2 aliphatic rings. The molecule has 29 heavy (non-hydrogen) atoms. The number of hydrogen-bond acceptors (Lipinski definition) is 4. The maximum absolute atomic E-state index is 12.1. The smallest absolute Gasteiger partial charge is 0.267 e. The topological polar surface area (TPSA) is 82.9 Å². The highest BCUT2D eigenvalue weighted by Gasteiger charge is 2.19. The van der Waals surface area contributed by atoms with Crippen molar-refractivity contribution in [1.82, 2.24) is 10.9 Å². The van der Waals surface area contributed by atoms with Crippen LogP contribution in [0.2, 0.25) is 0 Å². The number of nitrogens with zero attached hydrogens (tertiary/aromatic N) is 2. The molecule has 0 aliphatic heterocycles. The predicted molar refractivity (Wildman–Crippen MR) is 115 cm³/mol. The van der Waals surface area contributed by atoms with Gasteiger partial charge in [0.25, 0.3) is 11.8 Å². The van der Waals surface area contributed by atoms with Gasteiger partial charge in [-0.2, -0.15) is 10.2 Å². The van der Waals surface area contributed by atoms with E-state index in [1.807, 2.05) is 48.9 Å². The maximum atomic E-state index is 12.1. The second-order valence-electron chi connectivity index (χ2n) is 7.71. The van der Waals surface area contributed by atoms with Crippen molar-refractivity contribution >= 4 is 24.2 Å². The fourth-order valence-electron chi connectivity index (χ4n) is 3.46. The lowest BCUT2D eigenvalue weighted by atomic mass is 9.83. The lowest BCUT2D eigenvalue weighted by Crippen LogP contribution is -2.23. The number of carbonyl (C=O) groups excluding carboxylic acids is 2. The summed E-state index contributed by atoms with van der Waals surface area (Å²) in [7, 11) is 0. The van der Waals surface area contributed by atoms with E-state index in [2.05, 4.69) is 28.0 Å². The molecule has 6 heteroatoms. The van der Waals surface area contributed by atoms with Gasteiger partial charge < -0.3 is 0 Å². The van der Waals surface area contributed by atoms with Crippen LogP contribution < -0.4 is 10.9 Å². The van der Waals surface area contributed by atoms with Gasteiger partial charge in [-0.05, 0) is 62.0 Å². The Labute approximate surface area is 171 Å². The highest BCUT2D eigenvalue weighted by Crippen LogP contribution is 2.26. The second kappa shape index (κ2) is 10.5. The number of benzene rings is 1. The number of amides is 2. The summed E-state index contributed by atoms with van der Waals surface area (Å²) in [6, 6.07) is 9.05. The molecule has 1 unspecified atom stereocenters. The fraction of sp³-hybridized carbons (Fsp3) is 0.391. The van der Waals surface area contributed by atoms with Crippen molar-refractivity contribution < 1.29 is 9.59 Å². The fourth-order valence-corrected chi connectivity index (χ4v) is 3.46. The van der Waals surface area contributed by atoms with Crippen molar-refractivity contribution in [3.63, 3.8) is 0 Å². The first-order valence-electron chi connectivity index (χ1n) is 10.2. The van der Waals surface area contributed by atoms with E-state index in [4.69, 9.17) is 0 Å².